The monoisotopic (exact) mass is 169 g/mol. The van der Waals surface area contributed by atoms with Gasteiger partial charge in [0.25, 0.3) is 0 Å². The van der Waals surface area contributed by atoms with Crippen LogP contribution in [0, 0.1) is 12.3 Å². The molecule has 0 rings (SSSR count). The summed E-state index contributed by atoms with van der Waals surface area (Å²) in [6.45, 7) is 6.44. The highest BCUT2D eigenvalue weighted by Crippen LogP contribution is 2.00. The summed E-state index contributed by atoms with van der Waals surface area (Å²) in [5.41, 5.74) is 0. The fraction of sp³-hybridized carbons (Fsp3) is 0.800. The lowest BCUT2D eigenvalue weighted by molar-refractivity contribution is 0.195. The van der Waals surface area contributed by atoms with Crippen LogP contribution in [0.5, 0.6) is 0 Å². The van der Waals surface area contributed by atoms with Crippen LogP contribution in [0.1, 0.15) is 26.7 Å². The van der Waals surface area contributed by atoms with Crippen molar-refractivity contribution in [2.45, 2.75) is 32.7 Å². The molecule has 0 fully saturated rings. The molecular weight excluding hydrogens is 150 g/mol. The van der Waals surface area contributed by atoms with Crippen LogP contribution in [0.2, 0.25) is 0 Å². The molecule has 0 atom stereocenters. The van der Waals surface area contributed by atoms with Gasteiger partial charge >= 0.3 is 0 Å². The van der Waals surface area contributed by atoms with E-state index in [0.29, 0.717) is 6.04 Å². The Bertz CT molecular complexity index is 137. The predicted molar refractivity (Wildman–Crippen MR) is 51.9 cm³/mol. The maximum atomic E-state index is 8.66. The first kappa shape index (κ1) is 11.5. The fourth-order valence-corrected chi connectivity index (χ4v) is 1.11. The summed E-state index contributed by atoms with van der Waals surface area (Å²) in [5.74, 6) is 2.63. The molecule has 0 spiro atoms. The highest BCUT2D eigenvalue weighted by molar-refractivity contribution is 4.85. The van der Waals surface area contributed by atoms with E-state index in [9.17, 15) is 0 Å². The molecule has 2 heteroatoms. The Morgan fingerprint density at radius 2 is 2.08 bits per heavy atom. The van der Waals surface area contributed by atoms with Crippen molar-refractivity contribution in [1.82, 2.24) is 4.90 Å². The number of nitrogens with zero attached hydrogens (tertiary/aromatic N) is 1. The molecule has 0 aromatic carbocycles. The van der Waals surface area contributed by atoms with E-state index < -0.39 is 0 Å². The van der Waals surface area contributed by atoms with Crippen LogP contribution in [-0.4, -0.2) is 35.7 Å². The predicted octanol–water partition coefficient (Wildman–Crippen LogP) is 1.10. The van der Waals surface area contributed by atoms with Crippen molar-refractivity contribution in [3.05, 3.63) is 0 Å². The average molecular weight is 169 g/mol. The highest BCUT2D eigenvalue weighted by atomic mass is 16.3. The summed E-state index contributed by atoms with van der Waals surface area (Å²) >= 11 is 0. The number of terminal acetylenes is 1. The van der Waals surface area contributed by atoms with Crippen molar-refractivity contribution in [2.75, 3.05) is 19.7 Å². The number of aliphatic hydroxyl groups excluding tert-OH is 1. The lowest BCUT2D eigenvalue weighted by Gasteiger charge is -2.25. The van der Waals surface area contributed by atoms with E-state index >= 15 is 0 Å². The normalized spacial score (nSPS) is 10.7. The van der Waals surface area contributed by atoms with Gasteiger partial charge in [0.1, 0.15) is 0 Å². The van der Waals surface area contributed by atoms with Crippen molar-refractivity contribution in [3.8, 4) is 12.3 Å². The number of hydrogen-bond acceptors (Lipinski definition) is 2. The van der Waals surface area contributed by atoms with Crippen molar-refractivity contribution >= 4 is 0 Å². The molecule has 1 N–H and O–H groups in total. The highest BCUT2D eigenvalue weighted by Gasteiger charge is 2.06. The van der Waals surface area contributed by atoms with Crippen LogP contribution < -0.4 is 0 Å². The molecule has 0 radical (unpaired) electrons. The molecule has 12 heavy (non-hydrogen) atoms. The first-order chi connectivity index (χ1) is 5.72. The zero-order valence-electron chi connectivity index (χ0n) is 8.08. The minimum absolute atomic E-state index is 0.263. The van der Waals surface area contributed by atoms with Gasteiger partial charge in [-0.3, -0.25) is 4.90 Å². The molecule has 0 aliphatic rings. The first-order valence-corrected chi connectivity index (χ1v) is 4.50. The number of aliphatic hydroxyl groups is 1. The molecule has 0 saturated carbocycles. The molecule has 0 unspecified atom stereocenters. The van der Waals surface area contributed by atoms with E-state index in [4.69, 9.17) is 11.5 Å². The summed E-state index contributed by atoms with van der Waals surface area (Å²) in [5, 5.41) is 8.66. The SMILES string of the molecule is C#CCCN(CCCO)C(C)C. The lowest BCUT2D eigenvalue weighted by atomic mass is 10.2. The summed E-state index contributed by atoms with van der Waals surface area (Å²) in [7, 11) is 0. The largest absolute Gasteiger partial charge is 0.396 e. The van der Waals surface area contributed by atoms with Crippen molar-refractivity contribution < 1.29 is 5.11 Å². The third-order valence-corrected chi connectivity index (χ3v) is 1.88. The van der Waals surface area contributed by atoms with E-state index in [2.05, 4.69) is 24.7 Å². The third kappa shape index (κ3) is 5.17. The maximum absolute atomic E-state index is 8.66. The molecule has 0 aromatic heterocycles. The second-order valence-corrected chi connectivity index (χ2v) is 3.16. The van der Waals surface area contributed by atoms with Crippen molar-refractivity contribution in [2.24, 2.45) is 0 Å². The van der Waals surface area contributed by atoms with Gasteiger partial charge in [0.05, 0.1) is 0 Å². The Morgan fingerprint density at radius 3 is 2.50 bits per heavy atom. The lowest BCUT2D eigenvalue weighted by Crippen LogP contribution is -2.33. The van der Waals surface area contributed by atoms with Gasteiger partial charge in [0.15, 0.2) is 0 Å². The van der Waals surface area contributed by atoms with Gasteiger partial charge in [-0.1, -0.05) is 0 Å². The van der Waals surface area contributed by atoms with Gasteiger partial charge in [-0.15, -0.1) is 12.3 Å². The Hall–Kier alpha value is -0.520. The van der Waals surface area contributed by atoms with Gasteiger partial charge in [0.2, 0.25) is 0 Å². The van der Waals surface area contributed by atoms with E-state index in [-0.39, 0.29) is 6.61 Å². The van der Waals surface area contributed by atoms with Crippen LogP contribution in [0.3, 0.4) is 0 Å². The second-order valence-electron chi connectivity index (χ2n) is 3.16. The quantitative estimate of drug-likeness (QED) is 0.602. The standard InChI is InChI=1S/C10H19NO/c1-4-5-7-11(10(2)3)8-6-9-12/h1,10,12H,5-9H2,2-3H3. The maximum Gasteiger partial charge on any atom is 0.0443 e. The van der Waals surface area contributed by atoms with Gasteiger partial charge in [-0.2, -0.15) is 0 Å². The molecule has 70 valence electrons. The zero-order chi connectivity index (χ0) is 9.40. The number of rotatable bonds is 6. The van der Waals surface area contributed by atoms with E-state index in [1.807, 2.05) is 0 Å². The van der Waals surface area contributed by atoms with Gasteiger partial charge < -0.3 is 5.11 Å². The minimum Gasteiger partial charge on any atom is -0.396 e. The van der Waals surface area contributed by atoms with Crippen LogP contribution in [0.15, 0.2) is 0 Å². The topological polar surface area (TPSA) is 23.5 Å². The van der Waals surface area contributed by atoms with Crippen molar-refractivity contribution in [1.29, 1.82) is 0 Å². The Morgan fingerprint density at radius 1 is 1.42 bits per heavy atom. The van der Waals surface area contributed by atoms with Gasteiger partial charge in [0, 0.05) is 32.2 Å². The molecule has 0 aromatic rings. The molecule has 0 amide bonds. The Kier molecular flexibility index (Phi) is 6.84. The Labute approximate surface area is 75.6 Å². The summed E-state index contributed by atoms with van der Waals surface area (Å²) < 4.78 is 0. The molecule has 0 heterocycles. The van der Waals surface area contributed by atoms with E-state index in [1.54, 1.807) is 0 Å². The van der Waals surface area contributed by atoms with Crippen LogP contribution in [-0.2, 0) is 0 Å². The Balaban J connectivity index is 3.64. The summed E-state index contributed by atoms with van der Waals surface area (Å²) in [6.07, 6.45) is 6.81. The van der Waals surface area contributed by atoms with Crippen molar-refractivity contribution in [3.63, 3.8) is 0 Å². The summed E-state index contributed by atoms with van der Waals surface area (Å²) in [4.78, 5) is 2.29. The fourth-order valence-electron chi connectivity index (χ4n) is 1.11. The van der Waals surface area contributed by atoms with E-state index in [1.165, 1.54) is 0 Å². The third-order valence-electron chi connectivity index (χ3n) is 1.88. The summed E-state index contributed by atoms with van der Waals surface area (Å²) in [6, 6.07) is 0.518. The second kappa shape index (κ2) is 7.15. The number of hydrogen-bond donors (Lipinski definition) is 1. The molecular formula is C10H19NO. The smallest absolute Gasteiger partial charge is 0.0443 e. The van der Waals surface area contributed by atoms with Crippen LogP contribution >= 0.6 is 0 Å². The minimum atomic E-state index is 0.263. The van der Waals surface area contributed by atoms with E-state index in [0.717, 1.165) is 25.9 Å². The zero-order valence-corrected chi connectivity index (χ0v) is 8.08. The van der Waals surface area contributed by atoms with Gasteiger partial charge in [-0.05, 0) is 20.3 Å². The van der Waals surface area contributed by atoms with Crippen LogP contribution in [0.25, 0.3) is 0 Å². The average Bonchev–Trinajstić information content (AvgIpc) is 2.04. The molecule has 0 aliphatic carbocycles. The molecule has 0 saturated heterocycles. The van der Waals surface area contributed by atoms with Crippen LogP contribution in [0.4, 0.5) is 0 Å². The first-order valence-electron chi connectivity index (χ1n) is 4.50. The molecule has 0 aliphatic heterocycles. The molecule has 0 bridgehead atoms. The van der Waals surface area contributed by atoms with Gasteiger partial charge in [-0.25, -0.2) is 0 Å². The molecule has 2 nitrogen and oxygen atoms in total.